The number of nitrogens with one attached hydrogen (secondary N) is 1. The Morgan fingerprint density at radius 2 is 1.82 bits per heavy atom. The minimum Gasteiger partial charge on any atom is -0.465 e. The molecule has 1 N–H and O–H groups in total. The molecule has 1 aromatic rings. The largest absolute Gasteiger partial charge is 0.465 e. The van der Waals surface area contributed by atoms with Gasteiger partial charge >= 0.3 is 11.9 Å². The molecule has 2 fully saturated rings. The number of piperidine rings is 1. The molecule has 1 aromatic carbocycles. The summed E-state index contributed by atoms with van der Waals surface area (Å²) in [7, 11) is 1.37. The van der Waals surface area contributed by atoms with Crippen LogP contribution in [-0.4, -0.2) is 60.6 Å². The van der Waals surface area contributed by atoms with Gasteiger partial charge in [-0.1, -0.05) is 6.07 Å². The van der Waals surface area contributed by atoms with Crippen molar-refractivity contribution in [1.29, 1.82) is 0 Å². The summed E-state index contributed by atoms with van der Waals surface area (Å²) < 4.78 is 10.3. The van der Waals surface area contributed by atoms with Crippen molar-refractivity contribution < 1.29 is 23.9 Å². The Labute approximate surface area is 197 Å². The van der Waals surface area contributed by atoms with E-state index in [1.807, 2.05) is 44.7 Å². The molecule has 0 aromatic heterocycles. The number of aryl methyl sites for hydroxylation is 2. The number of hydrogen-bond donors (Lipinski definition) is 1. The summed E-state index contributed by atoms with van der Waals surface area (Å²) in [6.45, 7) is 9.93. The maximum atomic E-state index is 12.7. The van der Waals surface area contributed by atoms with Crippen molar-refractivity contribution in [3.63, 3.8) is 0 Å². The second-order valence-electron chi connectivity index (χ2n) is 10.4. The summed E-state index contributed by atoms with van der Waals surface area (Å²) in [5.41, 5.74) is 1.63. The van der Waals surface area contributed by atoms with Gasteiger partial charge in [0.15, 0.2) is 0 Å². The van der Waals surface area contributed by atoms with E-state index < -0.39 is 11.1 Å². The highest BCUT2D eigenvalue weighted by Gasteiger charge is 2.52. The minimum atomic E-state index is -0.499. The van der Waals surface area contributed by atoms with Gasteiger partial charge in [-0.25, -0.2) is 4.79 Å². The molecule has 1 aliphatic carbocycles. The fourth-order valence-electron chi connectivity index (χ4n) is 4.30. The number of carbonyl (C=O) groups excluding carboxylic acids is 3. The number of ether oxygens (including phenoxy) is 2. The minimum absolute atomic E-state index is 0.141. The number of carbonyl (C=O) groups is 3. The molecule has 7 heteroatoms. The highest BCUT2D eigenvalue weighted by molar-refractivity contribution is 5.89. The van der Waals surface area contributed by atoms with Crippen molar-refractivity contribution in [3.05, 3.63) is 34.9 Å². The van der Waals surface area contributed by atoms with Crippen LogP contribution in [0, 0.1) is 12.8 Å². The van der Waals surface area contributed by atoms with Crippen LogP contribution in [0.2, 0.25) is 0 Å². The van der Waals surface area contributed by atoms with Gasteiger partial charge in [-0.3, -0.25) is 9.59 Å². The maximum Gasteiger partial charge on any atom is 0.337 e. The van der Waals surface area contributed by atoms with E-state index in [-0.39, 0.29) is 17.8 Å². The molecule has 0 unspecified atom stereocenters. The summed E-state index contributed by atoms with van der Waals surface area (Å²) in [5.74, 6) is 0.140. The Morgan fingerprint density at radius 3 is 2.36 bits per heavy atom. The van der Waals surface area contributed by atoms with Crippen LogP contribution in [-0.2, 0) is 25.5 Å². The lowest BCUT2D eigenvalue weighted by Gasteiger charge is -2.33. The first kappa shape index (κ1) is 25.2. The third-order valence-corrected chi connectivity index (χ3v) is 6.61. The predicted octanol–water partition coefficient (Wildman–Crippen LogP) is 3.42. The number of methoxy groups -OCH3 is 1. The lowest BCUT2D eigenvalue weighted by atomic mass is 9.95. The van der Waals surface area contributed by atoms with Crippen molar-refractivity contribution in [2.75, 3.05) is 26.7 Å². The van der Waals surface area contributed by atoms with Gasteiger partial charge in [0.2, 0.25) is 5.91 Å². The molecule has 1 amide bonds. The molecule has 1 aliphatic heterocycles. The molecule has 3 rings (SSSR count). The smallest absolute Gasteiger partial charge is 0.337 e. The van der Waals surface area contributed by atoms with Gasteiger partial charge in [-0.15, -0.1) is 0 Å². The zero-order chi connectivity index (χ0) is 24.2. The molecule has 0 spiro atoms. The molecule has 1 heterocycles. The lowest BCUT2D eigenvalue weighted by Crippen LogP contribution is -2.47. The van der Waals surface area contributed by atoms with Crippen molar-refractivity contribution >= 4 is 17.8 Å². The van der Waals surface area contributed by atoms with E-state index in [0.29, 0.717) is 24.3 Å². The van der Waals surface area contributed by atoms with E-state index in [1.54, 1.807) is 6.07 Å². The van der Waals surface area contributed by atoms with E-state index >= 15 is 0 Å². The quantitative estimate of drug-likeness (QED) is 0.601. The zero-order valence-electron chi connectivity index (χ0n) is 20.7. The number of esters is 2. The van der Waals surface area contributed by atoms with Crippen LogP contribution in [0.15, 0.2) is 18.2 Å². The Hall–Kier alpha value is -2.41. The summed E-state index contributed by atoms with van der Waals surface area (Å²) >= 11 is 0. The first-order valence-corrected chi connectivity index (χ1v) is 12.0. The number of amides is 1. The summed E-state index contributed by atoms with van der Waals surface area (Å²) in [4.78, 5) is 38.8. The molecule has 1 saturated heterocycles. The van der Waals surface area contributed by atoms with E-state index in [1.165, 1.54) is 7.11 Å². The Kier molecular flexibility index (Phi) is 7.83. The molecule has 0 atom stereocenters. The van der Waals surface area contributed by atoms with Crippen molar-refractivity contribution in [2.24, 2.45) is 5.92 Å². The van der Waals surface area contributed by atoms with Crippen molar-refractivity contribution in [1.82, 2.24) is 10.2 Å². The summed E-state index contributed by atoms with van der Waals surface area (Å²) in [6.07, 6.45) is 4.67. The molecule has 182 valence electrons. The second kappa shape index (κ2) is 10.2. The van der Waals surface area contributed by atoms with Gasteiger partial charge in [0.1, 0.15) is 11.1 Å². The van der Waals surface area contributed by atoms with Gasteiger partial charge in [0.05, 0.1) is 12.7 Å². The third-order valence-electron chi connectivity index (χ3n) is 6.61. The number of rotatable bonds is 8. The normalized spacial score (nSPS) is 18.0. The predicted molar refractivity (Wildman–Crippen MR) is 126 cm³/mol. The summed E-state index contributed by atoms with van der Waals surface area (Å²) in [5, 5.41) is 3.46. The molecular weight excluding hydrogens is 420 g/mol. The molecule has 0 radical (unpaired) electrons. The van der Waals surface area contributed by atoms with Crippen LogP contribution in [0.3, 0.4) is 0 Å². The van der Waals surface area contributed by atoms with Crippen LogP contribution in [0.5, 0.6) is 0 Å². The van der Waals surface area contributed by atoms with Crippen LogP contribution in [0.25, 0.3) is 0 Å². The molecule has 33 heavy (non-hydrogen) atoms. The highest BCUT2D eigenvalue weighted by Crippen LogP contribution is 2.38. The number of nitrogens with zero attached hydrogens (tertiary/aromatic N) is 1. The Balaban J connectivity index is 1.41. The van der Waals surface area contributed by atoms with Gasteiger partial charge in [-0.2, -0.15) is 0 Å². The standard InChI is InChI=1S/C26H38N2O5/c1-18-16-21(23(30)32-5)7-6-20(18)8-9-22(29)28-14-10-19(11-15-28)17-27-26(12-13-26)24(31)33-25(2,3)4/h6-7,16,19,27H,8-15,17H2,1-5H3. The second-order valence-corrected chi connectivity index (χ2v) is 10.4. The molecule has 7 nitrogen and oxygen atoms in total. The fraction of sp³-hybridized carbons (Fsp3) is 0.654. The SMILES string of the molecule is COC(=O)c1ccc(CCC(=O)N2CCC(CNC3(C(=O)OC(C)(C)C)CC3)CC2)c(C)c1. The van der Waals surface area contributed by atoms with Gasteiger partial charge in [-0.05, 0) is 95.5 Å². The first-order chi connectivity index (χ1) is 15.5. The molecule has 1 saturated carbocycles. The number of benzene rings is 1. The van der Waals surface area contributed by atoms with Crippen LogP contribution in [0.1, 0.15) is 74.4 Å². The monoisotopic (exact) mass is 458 g/mol. The average Bonchev–Trinajstić information content (AvgIpc) is 3.56. The zero-order valence-corrected chi connectivity index (χ0v) is 20.7. The van der Waals surface area contributed by atoms with Crippen molar-refractivity contribution in [2.45, 2.75) is 77.4 Å². The molecular formula is C26H38N2O5. The topological polar surface area (TPSA) is 84.9 Å². The van der Waals surface area contributed by atoms with E-state index in [0.717, 1.165) is 56.4 Å². The van der Waals surface area contributed by atoms with Gasteiger partial charge in [0, 0.05) is 19.5 Å². The van der Waals surface area contributed by atoms with E-state index in [9.17, 15) is 14.4 Å². The summed E-state index contributed by atoms with van der Waals surface area (Å²) in [6, 6.07) is 5.47. The van der Waals surface area contributed by atoms with E-state index in [4.69, 9.17) is 9.47 Å². The van der Waals surface area contributed by atoms with Gasteiger partial charge < -0.3 is 19.7 Å². The third kappa shape index (κ3) is 6.79. The van der Waals surface area contributed by atoms with E-state index in [2.05, 4.69) is 5.32 Å². The van der Waals surface area contributed by atoms with Crippen molar-refractivity contribution in [3.8, 4) is 0 Å². The molecule has 2 aliphatic rings. The first-order valence-electron chi connectivity index (χ1n) is 12.0. The fourth-order valence-corrected chi connectivity index (χ4v) is 4.30. The Morgan fingerprint density at radius 1 is 1.15 bits per heavy atom. The number of hydrogen-bond acceptors (Lipinski definition) is 6. The van der Waals surface area contributed by atoms with Crippen LogP contribution >= 0.6 is 0 Å². The Bertz CT molecular complexity index is 877. The number of likely N-dealkylation sites (tertiary alicyclic amines) is 1. The highest BCUT2D eigenvalue weighted by atomic mass is 16.6. The van der Waals surface area contributed by atoms with Crippen LogP contribution in [0.4, 0.5) is 0 Å². The van der Waals surface area contributed by atoms with Crippen LogP contribution < -0.4 is 5.32 Å². The molecule has 0 bridgehead atoms. The maximum absolute atomic E-state index is 12.7. The lowest BCUT2D eigenvalue weighted by molar-refractivity contribution is -0.158. The average molecular weight is 459 g/mol. The van der Waals surface area contributed by atoms with Gasteiger partial charge in [0.25, 0.3) is 0 Å².